The third-order valence-electron chi connectivity index (χ3n) is 3.56. The van der Waals surface area contributed by atoms with Crippen molar-refractivity contribution in [1.82, 2.24) is 25.3 Å². The Hall–Kier alpha value is -1.91. The zero-order valence-electron chi connectivity index (χ0n) is 13.7. The first kappa shape index (κ1) is 18.4. The van der Waals surface area contributed by atoms with Gasteiger partial charge in [-0.15, -0.1) is 24.0 Å². The number of ether oxygens (including phenoxy) is 1. The van der Waals surface area contributed by atoms with Crippen LogP contribution in [0.3, 0.4) is 0 Å². The lowest BCUT2D eigenvalue weighted by molar-refractivity contribution is 0.205. The Morgan fingerprint density at radius 2 is 2.38 bits per heavy atom. The molecule has 8 nitrogen and oxygen atoms in total. The standard InChI is InChI=1S/C15H20N6O2.HI/c1-11-19-13(20-23-11)9-18-15(16-2)21-8-6-12(10-21)22-14-5-3-4-7-17-14;/h3-5,7,12H,6,8-10H2,1-2H3,(H,16,18);1H. The number of aliphatic imine (C=N–C) groups is 1. The van der Waals surface area contributed by atoms with Gasteiger partial charge in [-0.2, -0.15) is 4.98 Å². The first-order valence-electron chi connectivity index (χ1n) is 7.57. The molecule has 3 rings (SSSR count). The molecule has 1 aliphatic rings. The van der Waals surface area contributed by atoms with Gasteiger partial charge in [0.1, 0.15) is 6.10 Å². The van der Waals surface area contributed by atoms with Gasteiger partial charge >= 0.3 is 0 Å². The maximum Gasteiger partial charge on any atom is 0.223 e. The summed E-state index contributed by atoms with van der Waals surface area (Å²) >= 11 is 0. The Labute approximate surface area is 157 Å². The zero-order chi connectivity index (χ0) is 16.1. The van der Waals surface area contributed by atoms with Crippen LogP contribution in [0.25, 0.3) is 0 Å². The van der Waals surface area contributed by atoms with Crippen LogP contribution in [0.1, 0.15) is 18.1 Å². The molecular formula is C15H21IN6O2. The van der Waals surface area contributed by atoms with E-state index in [2.05, 4.69) is 30.3 Å². The predicted molar refractivity (Wildman–Crippen MR) is 99.5 cm³/mol. The third-order valence-corrected chi connectivity index (χ3v) is 3.56. The van der Waals surface area contributed by atoms with Gasteiger partial charge in [-0.1, -0.05) is 11.2 Å². The summed E-state index contributed by atoms with van der Waals surface area (Å²) in [4.78, 5) is 14.8. The molecule has 3 heterocycles. The van der Waals surface area contributed by atoms with Crippen molar-refractivity contribution in [2.75, 3.05) is 20.1 Å². The van der Waals surface area contributed by atoms with Crippen LogP contribution >= 0.6 is 24.0 Å². The summed E-state index contributed by atoms with van der Waals surface area (Å²) in [6, 6.07) is 5.66. The summed E-state index contributed by atoms with van der Waals surface area (Å²) < 4.78 is 10.8. The Morgan fingerprint density at radius 3 is 3.04 bits per heavy atom. The van der Waals surface area contributed by atoms with Crippen molar-refractivity contribution in [2.24, 2.45) is 4.99 Å². The van der Waals surface area contributed by atoms with Gasteiger partial charge < -0.3 is 19.5 Å². The van der Waals surface area contributed by atoms with Crippen molar-refractivity contribution in [3.63, 3.8) is 0 Å². The Kier molecular flexibility index (Phi) is 6.76. The number of hydrogen-bond acceptors (Lipinski definition) is 6. The van der Waals surface area contributed by atoms with Crippen molar-refractivity contribution in [3.05, 3.63) is 36.1 Å². The van der Waals surface area contributed by atoms with E-state index >= 15 is 0 Å². The number of guanidine groups is 1. The molecule has 9 heteroatoms. The zero-order valence-corrected chi connectivity index (χ0v) is 16.0. The molecular weight excluding hydrogens is 423 g/mol. The molecule has 1 atom stereocenters. The van der Waals surface area contributed by atoms with Gasteiger partial charge in [0.15, 0.2) is 11.8 Å². The van der Waals surface area contributed by atoms with Gasteiger partial charge in [-0.3, -0.25) is 4.99 Å². The Morgan fingerprint density at radius 1 is 1.50 bits per heavy atom. The molecule has 0 aromatic carbocycles. The van der Waals surface area contributed by atoms with E-state index in [1.807, 2.05) is 18.2 Å². The summed E-state index contributed by atoms with van der Waals surface area (Å²) in [5, 5.41) is 7.11. The maximum absolute atomic E-state index is 5.89. The fourth-order valence-electron chi connectivity index (χ4n) is 2.51. The van der Waals surface area contributed by atoms with Gasteiger partial charge in [0.25, 0.3) is 0 Å². The minimum absolute atomic E-state index is 0. The number of aromatic nitrogens is 3. The lowest BCUT2D eigenvalue weighted by Gasteiger charge is -2.21. The lowest BCUT2D eigenvalue weighted by atomic mass is 10.3. The molecule has 0 aliphatic carbocycles. The highest BCUT2D eigenvalue weighted by molar-refractivity contribution is 14.0. The summed E-state index contributed by atoms with van der Waals surface area (Å²) in [5.41, 5.74) is 0. The van der Waals surface area contributed by atoms with E-state index in [9.17, 15) is 0 Å². The van der Waals surface area contributed by atoms with E-state index in [-0.39, 0.29) is 30.1 Å². The van der Waals surface area contributed by atoms with Gasteiger partial charge in [0, 0.05) is 39.2 Å². The van der Waals surface area contributed by atoms with E-state index in [0.29, 0.717) is 24.1 Å². The second-order valence-corrected chi connectivity index (χ2v) is 5.27. The average molecular weight is 444 g/mol. The molecule has 24 heavy (non-hydrogen) atoms. The molecule has 0 bridgehead atoms. The van der Waals surface area contributed by atoms with Crippen molar-refractivity contribution in [3.8, 4) is 5.88 Å². The van der Waals surface area contributed by atoms with Crippen molar-refractivity contribution >= 4 is 29.9 Å². The largest absolute Gasteiger partial charge is 0.472 e. The van der Waals surface area contributed by atoms with Crippen LogP contribution < -0.4 is 10.1 Å². The first-order chi connectivity index (χ1) is 11.2. The number of halogens is 1. The number of pyridine rings is 1. The van der Waals surface area contributed by atoms with Gasteiger partial charge in [0.2, 0.25) is 11.8 Å². The van der Waals surface area contributed by atoms with Crippen LogP contribution in [0.2, 0.25) is 0 Å². The predicted octanol–water partition coefficient (Wildman–Crippen LogP) is 1.62. The minimum atomic E-state index is 0. The molecule has 0 radical (unpaired) electrons. The highest BCUT2D eigenvalue weighted by Crippen LogP contribution is 2.16. The van der Waals surface area contributed by atoms with Crippen LogP contribution in [-0.4, -0.2) is 52.2 Å². The molecule has 0 amide bonds. The number of aryl methyl sites for hydroxylation is 1. The van der Waals surface area contributed by atoms with E-state index in [1.54, 1.807) is 20.2 Å². The van der Waals surface area contributed by atoms with Crippen LogP contribution in [-0.2, 0) is 6.54 Å². The first-order valence-corrected chi connectivity index (χ1v) is 7.57. The van der Waals surface area contributed by atoms with Gasteiger partial charge in [-0.05, 0) is 6.07 Å². The minimum Gasteiger partial charge on any atom is -0.472 e. The molecule has 0 spiro atoms. The van der Waals surface area contributed by atoms with Crippen LogP contribution in [0.5, 0.6) is 5.88 Å². The topological polar surface area (TPSA) is 88.7 Å². The maximum atomic E-state index is 5.89. The molecule has 2 aromatic heterocycles. The van der Waals surface area contributed by atoms with E-state index in [0.717, 1.165) is 25.5 Å². The molecule has 130 valence electrons. The van der Waals surface area contributed by atoms with E-state index in [4.69, 9.17) is 9.26 Å². The van der Waals surface area contributed by atoms with Crippen molar-refractivity contribution in [2.45, 2.75) is 26.0 Å². The number of nitrogens with zero attached hydrogens (tertiary/aromatic N) is 5. The molecule has 1 fully saturated rings. The van der Waals surface area contributed by atoms with Crippen molar-refractivity contribution < 1.29 is 9.26 Å². The number of nitrogens with one attached hydrogen (secondary N) is 1. The molecule has 1 unspecified atom stereocenters. The summed E-state index contributed by atoms with van der Waals surface area (Å²) in [5.74, 6) is 2.63. The van der Waals surface area contributed by atoms with Crippen LogP contribution in [0.4, 0.5) is 0 Å². The van der Waals surface area contributed by atoms with Crippen molar-refractivity contribution in [1.29, 1.82) is 0 Å². The quantitative estimate of drug-likeness (QED) is 0.436. The Balaban J connectivity index is 0.00000208. The fraction of sp³-hybridized carbons (Fsp3) is 0.467. The second-order valence-electron chi connectivity index (χ2n) is 5.27. The van der Waals surface area contributed by atoms with Crippen LogP contribution in [0, 0.1) is 6.92 Å². The summed E-state index contributed by atoms with van der Waals surface area (Å²) in [7, 11) is 1.76. The summed E-state index contributed by atoms with van der Waals surface area (Å²) in [6.45, 7) is 3.89. The number of rotatable bonds is 4. The van der Waals surface area contributed by atoms with Crippen LogP contribution in [0.15, 0.2) is 33.9 Å². The molecule has 1 N–H and O–H groups in total. The SMILES string of the molecule is CN=C(NCc1noc(C)n1)N1CCC(Oc2ccccn2)C1.I. The van der Waals surface area contributed by atoms with E-state index < -0.39 is 0 Å². The molecule has 2 aromatic rings. The highest BCUT2D eigenvalue weighted by atomic mass is 127. The third kappa shape index (κ3) is 4.79. The molecule has 0 saturated carbocycles. The molecule has 1 saturated heterocycles. The Bertz CT molecular complexity index is 663. The fourth-order valence-corrected chi connectivity index (χ4v) is 2.51. The normalized spacial score (nSPS) is 17.5. The highest BCUT2D eigenvalue weighted by Gasteiger charge is 2.26. The lowest BCUT2D eigenvalue weighted by Crippen LogP contribution is -2.40. The average Bonchev–Trinajstić information content (AvgIpc) is 3.19. The molecule has 1 aliphatic heterocycles. The second kappa shape index (κ2) is 8.81. The van der Waals surface area contributed by atoms with Gasteiger partial charge in [0.05, 0.1) is 13.1 Å². The van der Waals surface area contributed by atoms with E-state index in [1.165, 1.54) is 0 Å². The smallest absolute Gasteiger partial charge is 0.223 e. The summed E-state index contributed by atoms with van der Waals surface area (Å²) in [6.07, 6.45) is 2.77. The van der Waals surface area contributed by atoms with Gasteiger partial charge in [-0.25, -0.2) is 4.98 Å². The number of hydrogen-bond donors (Lipinski definition) is 1. The number of likely N-dealkylation sites (tertiary alicyclic amines) is 1. The monoisotopic (exact) mass is 444 g/mol.